The highest BCUT2D eigenvalue weighted by Gasteiger charge is 2.35. The molecule has 1 aliphatic heterocycles. The zero-order valence-corrected chi connectivity index (χ0v) is 21.3. The van der Waals surface area contributed by atoms with Gasteiger partial charge in [0.2, 0.25) is 0 Å². The molecule has 3 heterocycles. The topological polar surface area (TPSA) is 133 Å². The fourth-order valence-corrected chi connectivity index (χ4v) is 4.35. The number of carbonyl (C=O) groups excluding carboxylic acids is 1. The van der Waals surface area contributed by atoms with Crippen molar-refractivity contribution in [2.75, 3.05) is 18.0 Å². The van der Waals surface area contributed by atoms with Gasteiger partial charge >= 0.3 is 12.1 Å². The van der Waals surface area contributed by atoms with E-state index in [1.807, 2.05) is 11.8 Å². The molecule has 10 nitrogen and oxygen atoms in total. The number of nitrogens with one attached hydrogen (secondary N) is 2. The predicted octanol–water partition coefficient (Wildman–Crippen LogP) is 4.91. The Balaban J connectivity index is 1.61. The first-order valence-electron chi connectivity index (χ1n) is 11.1. The zero-order valence-electron chi connectivity index (χ0n) is 19.8. The summed E-state index contributed by atoms with van der Waals surface area (Å²) in [5.74, 6) is -0.976. The number of fused-ring (bicyclic) bond motifs is 1. The summed E-state index contributed by atoms with van der Waals surface area (Å²) in [6, 6.07) is 5.10. The maximum Gasteiger partial charge on any atom is 0.408 e. The Morgan fingerprint density at radius 2 is 1.89 bits per heavy atom. The number of carboxylic acids is 1. The van der Waals surface area contributed by atoms with E-state index in [4.69, 9.17) is 27.9 Å². The molecule has 1 fully saturated rings. The summed E-state index contributed by atoms with van der Waals surface area (Å²) in [6.45, 7) is 8.29. The smallest absolute Gasteiger partial charge is 0.408 e. The van der Waals surface area contributed by atoms with Gasteiger partial charge in [-0.25, -0.2) is 19.6 Å². The molecule has 1 amide bonds. The summed E-state index contributed by atoms with van der Waals surface area (Å²) < 4.78 is 5.38. The standard InChI is InChI=1S/C23H26Cl2N6O4/c1-22(2,3)35-21(34)28-23(4)8-10-31(11-9-23)19-17(20(32)33)26-16-15(29-30-18(16)27-19)12-6-5-7-13(24)14(12)25/h5-7H,8-11H2,1-4H3,(H,28,34)(H,32,33)(H,27,29,30). The van der Waals surface area contributed by atoms with Crippen molar-refractivity contribution in [3.8, 4) is 11.3 Å². The number of amides is 1. The molecule has 186 valence electrons. The van der Waals surface area contributed by atoms with Crippen molar-refractivity contribution in [2.45, 2.75) is 51.7 Å². The van der Waals surface area contributed by atoms with Crippen LogP contribution < -0.4 is 10.2 Å². The quantitative estimate of drug-likeness (QED) is 0.441. The van der Waals surface area contributed by atoms with Gasteiger partial charge in [-0.15, -0.1) is 0 Å². The molecule has 0 radical (unpaired) electrons. The summed E-state index contributed by atoms with van der Waals surface area (Å²) in [4.78, 5) is 35.2. The molecule has 3 N–H and O–H groups in total. The molecule has 1 aliphatic rings. The first kappa shape index (κ1) is 25.0. The highest BCUT2D eigenvalue weighted by Crippen LogP contribution is 2.36. The second kappa shape index (κ2) is 9.16. The Morgan fingerprint density at radius 3 is 2.51 bits per heavy atom. The highest BCUT2D eigenvalue weighted by atomic mass is 35.5. The Hall–Kier alpha value is -3.11. The van der Waals surface area contributed by atoms with Gasteiger partial charge < -0.3 is 20.1 Å². The van der Waals surface area contributed by atoms with Crippen molar-refractivity contribution in [1.82, 2.24) is 25.5 Å². The summed E-state index contributed by atoms with van der Waals surface area (Å²) in [6.07, 6.45) is 0.653. The SMILES string of the molecule is CC1(NC(=O)OC(C)(C)C)CCN(c2nc3[nH]nc(-c4cccc(Cl)c4Cl)c3nc2C(=O)O)CC1. The number of hydrogen-bond donors (Lipinski definition) is 3. The third-order valence-corrected chi connectivity index (χ3v) is 6.57. The van der Waals surface area contributed by atoms with Gasteiger partial charge in [0.15, 0.2) is 17.2 Å². The minimum atomic E-state index is -1.21. The molecule has 1 saturated heterocycles. The van der Waals surface area contributed by atoms with E-state index in [1.54, 1.807) is 39.0 Å². The van der Waals surface area contributed by atoms with Gasteiger partial charge in [-0.2, -0.15) is 5.10 Å². The number of aromatic carboxylic acids is 1. The van der Waals surface area contributed by atoms with Crippen LogP contribution in [0.1, 0.15) is 51.0 Å². The maximum absolute atomic E-state index is 12.3. The van der Waals surface area contributed by atoms with Crippen molar-refractivity contribution >= 4 is 52.2 Å². The van der Waals surface area contributed by atoms with E-state index in [2.05, 4.69) is 25.5 Å². The highest BCUT2D eigenvalue weighted by molar-refractivity contribution is 6.43. The normalized spacial score (nSPS) is 15.8. The van der Waals surface area contributed by atoms with Gasteiger partial charge in [-0.1, -0.05) is 35.3 Å². The molecule has 0 aliphatic carbocycles. The summed E-state index contributed by atoms with van der Waals surface area (Å²) in [5, 5.41) is 20.6. The fraction of sp³-hybridized carbons (Fsp3) is 0.435. The number of anilines is 1. The number of nitrogens with zero attached hydrogens (tertiary/aromatic N) is 4. The van der Waals surface area contributed by atoms with Crippen LogP contribution in [0.4, 0.5) is 10.6 Å². The number of hydrogen-bond acceptors (Lipinski definition) is 7. The van der Waals surface area contributed by atoms with E-state index in [0.29, 0.717) is 47.9 Å². The third kappa shape index (κ3) is 5.28. The largest absolute Gasteiger partial charge is 0.476 e. The molecule has 0 unspecified atom stereocenters. The number of H-pyrrole nitrogens is 1. The number of carboxylic acid groups (broad SMARTS) is 1. The molecule has 0 bridgehead atoms. The molecule has 2 aromatic heterocycles. The molecule has 3 aromatic rings. The second-order valence-corrected chi connectivity index (χ2v) is 10.5. The van der Waals surface area contributed by atoms with Crippen LogP contribution in [0.15, 0.2) is 18.2 Å². The van der Waals surface area contributed by atoms with Crippen molar-refractivity contribution in [1.29, 1.82) is 0 Å². The number of halogens is 2. The number of alkyl carbamates (subject to hydrolysis) is 1. The van der Waals surface area contributed by atoms with Gasteiger partial charge in [-0.05, 0) is 46.6 Å². The van der Waals surface area contributed by atoms with E-state index in [0.717, 1.165) is 0 Å². The van der Waals surface area contributed by atoms with E-state index in [9.17, 15) is 14.7 Å². The lowest BCUT2D eigenvalue weighted by Crippen LogP contribution is -2.54. The molecular weight excluding hydrogens is 495 g/mol. The van der Waals surface area contributed by atoms with Gasteiger partial charge in [0.05, 0.1) is 10.0 Å². The van der Waals surface area contributed by atoms with Crippen LogP contribution in [0.2, 0.25) is 10.0 Å². The van der Waals surface area contributed by atoms with Crippen LogP contribution in [-0.4, -0.2) is 61.6 Å². The van der Waals surface area contributed by atoms with Gasteiger partial charge in [0.25, 0.3) is 0 Å². The predicted molar refractivity (Wildman–Crippen MR) is 133 cm³/mol. The van der Waals surface area contributed by atoms with E-state index in [-0.39, 0.29) is 22.1 Å². The van der Waals surface area contributed by atoms with E-state index < -0.39 is 23.2 Å². The van der Waals surface area contributed by atoms with E-state index >= 15 is 0 Å². The lowest BCUT2D eigenvalue weighted by molar-refractivity contribution is 0.0448. The van der Waals surface area contributed by atoms with Crippen LogP contribution in [-0.2, 0) is 4.74 Å². The van der Waals surface area contributed by atoms with Crippen molar-refractivity contribution in [2.24, 2.45) is 0 Å². The minimum Gasteiger partial charge on any atom is -0.476 e. The van der Waals surface area contributed by atoms with Crippen LogP contribution in [0.5, 0.6) is 0 Å². The number of rotatable bonds is 4. The van der Waals surface area contributed by atoms with Crippen molar-refractivity contribution in [3.05, 3.63) is 33.9 Å². The van der Waals surface area contributed by atoms with Crippen LogP contribution >= 0.6 is 23.2 Å². The zero-order chi connectivity index (χ0) is 25.5. The Morgan fingerprint density at radius 1 is 1.20 bits per heavy atom. The Kier molecular flexibility index (Phi) is 6.54. The average Bonchev–Trinajstić information content (AvgIpc) is 3.16. The van der Waals surface area contributed by atoms with Crippen LogP contribution in [0, 0.1) is 0 Å². The lowest BCUT2D eigenvalue weighted by Gasteiger charge is -2.40. The molecule has 12 heteroatoms. The van der Waals surface area contributed by atoms with Gasteiger partial charge in [0, 0.05) is 24.2 Å². The number of aromatic amines is 1. The lowest BCUT2D eigenvalue weighted by atomic mass is 9.89. The maximum atomic E-state index is 12.3. The van der Waals surface area contributed by atoms with Crippen molar-refractivity contribution < 1.29 is 19.4 Å². The number of piperidine rings is 1. The van der Waals surface area contributed by atoms with Crippen molar-refractivity contribution in [3.63, 3.8) is 0 Å². The Bertz CT molecular complexity index is 1300. The number of aromatic nitrogens is 4. The first-order chi connectivity index (χ1) is 16.4. The number of carbonyl (C=O) groups is 2. The van der Waals surface area contributed by atoms with Crippen LogP contribution in [0.25, 0.3) is 22.4 Å². The number of benzene rings is 1. The third-order valence-electron chi connectivity index (χ3n) is 5.75. The Labute approximate surface area is 212 Å². The summed E-state index contributed by atoms with van der Waals surface area (Å²) in [5.41, 5.74) is 0.208. The molecule has 35 heavy (non-hydrogen) atoms. The molecular formula is C23H26Cl2N6O4. The van der Waals surface area contributed by atoms with Gasteiger partial charge in [-0.3, -0.25) is 5.10 Å². The summed E-state index contributed by atoms with van der Waals surface area (Å²) >= 11 is 12.5. The monoisotopic (exact) mass is 520 g/mol. The van der Waals surface area contributed by atoms with Gasteiger partial charge in [0.1, 0.15) is 16.8 Å². The molecule has 0 atom stereocenters. The average molecular weight is 521 g/mol. The van der Waals surface area contributed by atoms with E-state index in [1.165, 1.54) is 0 Å². The molecule has 0 saturated carbocycles. The fourth-order valence-electron chi connectivity index (χ4n) is 3.96. The molecule has 0 spiro atoms. The molecule has 1 aromatic carbocycles. The first-order valence-corrected chi connectivity index (χ1v) is 11.8. The number of ether oxygens (including phenoxy) is 1. The summed E-state index contributed by atoms with van der Waals surface area (Å²) in [7, 11) is 0. The second-order valence-electron chi connectivity index (χ2n) is 9.75. The minimum absolute atomic E-state index is 0.193. The molecule has 4 rings (SSSR count). The van der Waals surface area contributed by atoms with Crippen LogP contribution in [0.3, 0.4) is 0 Å².